The van der Waals surface area contributed by atoms with Crippen molar-refractivity contribution in [3.63, 3.8) is 0 Å². The van der Waals surface area contributed by atoms with Crippen molar-refractivity contribution in [3.05, 3.63) is 35.4 Å². The van der Waals surface area contributed by atoms with Crippen LogP contribution in [-0.2, 0) is 11.2 Å². The average molecular weight is 275 g/mol. The summed E-state index contributed by atoms with van der Waals surface area (Å²) in [5.74, 6) is 0. The molecule has 1 saturated heterocycles. The zero-order valence-electron chi connectivity index (χ0n) is 13.0. The Kier molecular flexibility index (Phi) is 6.55. The molecule has 0 aromatic heterocycles. The third kappa shape index (κ3) is 4.92. The Morgan fingerprint density at radius 2 is 2.15 bits per heavy atom. The van der Waals surface area contributed by atoms with Gasteiger partial charge >= 0.3 is 0 Å². The molecule has 1 aliphatic rings. The van der Waals surface area contributed by atoms with Crippen LogP contribution in [0.25, 0.3) is 0 Å². The molecule has 0 bridgehead atoms. The summed E-state index contributed by atoms with van der Waals surface area (Å²) in [4.78, 5) is 0. The zero-order valence-corrected chi connectivity index (χ0v) is 13.0. The summed E-state index contributed by atoms with van der Waals surface area (Å²) >= 11 is 0. The molecule has 1 N–H and O–H groups in total. The van der Waals surface area contributed by atoms with Crippen LogP contribution in [0.2, 0.25) is 0 Å². The summed E-state index contributed by atoms with van der Waals surface area (Å²) in [5.41, 5.74) is 2.91. The summed E-state index contributed by atoms with van der Waals surface area (Å²) < 4.78 is 5.74. The third-order valence-corrected chi connectivity index (χ3v) is 4.38. The van der Waals surface area contributed by atoms with Gasteiger partial charge in [0.25, 0.3) is 0 Å². The zero-order chi connectivity index (χ0) is 14.2. The van der Waals surface area contributed by atoms with E-state index >= 15 is 0 Å². The van der Waals surface area contributed by atoms with Crippen molar-refractivity contribution in [2.75, 3.05) is 13.2 Å². The largest absolute Gasteiger partial charge is 0.378 e. The normalized spacial score (nSPS) is 20.2. The molecule has 0 spiro atoms. The quantitative estimate of drug-likeness (QED) is 0.777. The summed E-state index contributed by atoms with van der Waals surface area (Å²) in [5, 5.41) is 3.64. The molecule has 2 rings (SSSR count). The van der Waals surface area contributed by atoms with Crippen molar-refractivity contribution in [2.24, 2.45) is 0 Å². The standard InChI is InChI=1S/C18H29NO/c1-3-19-17(12-13-18-9-6-14-20-18)11-10-16-8-5-4-7-15(16)2/h4-5,7-8,17-19H,3,6,9-14H2,1-2H3. The van der Waals surface area contributed by atoms with Crippen molar-refractivity contribution in [1.29, 1.82) is 0 Å². The van der Waals surface area contributed by atoms with E-state index in [1.807, 2.05) is 0 Å². The highest BCUT2D eigenvalue weighted by Gasteiger charge is 2.17. The van der Waals surface area contributed by atoms with Crippen LogP contribution in [0.5, 0.6) is 0 Å². The van der Waals surface area contributed by atoms with Gasteiger partial charge in [-0.3, -0.25) is 0 Å². The van der Waals surface area contributed by atoms with Crippen LogP contribution >= 0.6 is 0 Å². The molecule has 0 radical (unpaired) electrons. The lowest BCUT2D eigenvalue weighted by Gasteiger charge is -2.20. The molecule has 0 aliphatic carbocycles. The first kappa shape index (κ1) is 15.5. The lowest BCUT2D eigenvalue weighted by Crippen LogP contribution is -2.30. The maximum Gasteiger partial charge on any atom is 0.0576 e. The first-order valence-corrected chi connectivity index (χ1v) is 8.19. The van der Waals surface area contributed by atoms with Gasteiger partial charge in [0.05, 0.1) is 6.10 Å². The molecule has 0 amide bonds. The van der Waals surface area contributed by atoms with Crippen LogP contribution in [0.4, 0.5) is 0 Å². The molecule has 2 unspecified atom stereocenters. The minimum Gasteiger partial charge on any atom is -0.378 e. The van der Waals surface area contributed by atoms with Crippen molar-refractivity contribution in [2.45, 2.75) is 64.5 Å². The molecular weight excluding hydrogens is 246 g/mol. The number of benzene rings is 1. The van der Waals surface area contributed by atoms with Gasteiger partial charge in [0.2, 0.25) is 0 Å². The maximum absolute atomic E-state index is 5.74. The highest BCUT2D eigenvalue weighted by molar-refractivity contribution is 5.25. The monoisotopic (exact) mass is 275 g/mol. The summed E-state index contributed by atoms with van der Waals surface area (Å²) in [6, 6.07) is 9.38. The fourth-order valence-corrected chi connectivity index (χ4v) is 3.12. The van der Waals surface area contributed by atoms with E-state index in [1.54, 1.807) is 0 Å². The van der Waals surface area contributed by atoms with Crippen molar-refractivity contribution < 1.29 is 4.74 Å². The van der Waals surface area contributed by atoms with Gasteiger partial charge in [0.15, 0.2) is 0 Å². The average Bonchev–Trinajstić information content (AvgIpc) is 2.97. The summed E-state index contributed by atoms with van der Waals surface area (Å²) in [6.45, 7) is 6.44. The van der Waals surface area contributed by atoms with Gasteiger partial charge in [-0.1, -0.05) is 31.2 Å². The fraction of sp³-hybridized carbons (Fsp3) is 0.667. The molecule has 1 aliphatic heterocycles. The minimum absolute atomic E-state index is 0.523. The van der Waals surface area contributed by atoms with E-state index in [-0.39, 0.29) is 0 Å². The predicted octanol–water partition coefficient (Wildman–Crippen LogP) is 3.86. The van der Waals surface area contributed by atoms with Crippen molar-refractivity contribution >= 4 is 0 Å². The number of hydrogen-bond acceptors (Lipinski definition) is 2. The number of hydrogen-bond donors (Lipinski definition) is 1. The number of ether oxygens (including phenoxy) is 1. The van der Waals surface area contributed by atoms with E-state index in [4.69, 9.17) is 4.74 Å². The first-order valence-electron chi connectivity index (χ1n) is 8.19. The van der Waals surface area contributed by atoms with Gasteiger partial charge in [-0.15, -0.1) is 0 Å². The molecule has 2 heteroatoms. The molecular formula is C18H29NO. The number of aryl methyl sites for hydroxylation is 2. The first-order chi connectivity index (χ1) is 9.79. The Morgan fingerprint density at radius 3 is 2.85 bits per heavy atom. The molecule has 1 heterocycles. The number of rotatable bonds is 8. The second-order valence-corrected chi connectivity index (χ2v) is 5.93. The van der Waals surface area contributed by atoms with Crippen LogP contribution in [0.1, 0.15) is 50.2 Å². The van der Waals surface area contributed by atoms with Gasteiger partial charge in [-0.2, -0.15) is 0 Å². The Bertz CT molecular complexity index is 385. The van der Waals surface area contributed by atoms with Crippen molar-refractivity contribution in [1.82, 2.24) is 5.32 Å². The van der Waals surface area contributed by atoms with E-state index in [1.165, 1.54) is 49.7 Å². The highest BCUT2D eigenvalue weighted by atomic mass is 16.5. The molecule has 1 fully saturated rings. The molecule has 1 aromatic rings. The van der Waals surface area contributed by atoms with Crippen LogP contribution in [0.3, 0.4) is 0 Å². The van der Waals surface area contributed by atoms with E-state index in [9.17, 15) is 0 Å². The van der Waals surface area contributed by atoms with Crippen LogP contribution in [0.15, 0.2) is 24.3 Å². The van der Waals surface area contributed by atoms with Gasteiger partial charge in [0, 0.05) is 12.6 Å². The van der Waals surface area contributed by atoms with E-state index < -0.39 is 0 Å². The Hall–Kier alpha value is -0.860. The molecule has 112 valence electrons. The predicted molar refractivity (Wildman–Crippen MR) is 85.2 cm³/mol. The van der Waals surface area contributed by atoms with E-state index in [0.717, 1.165) is 13.2 Å². The van der Waals surface area contributed by atoms with Gasteiger partial charge in [-0.05, 0) is 63.1 Å². The lowest BCUT2D eigenvalue weighted by molar-refractivity contribution is 0.0993. The molecule has 2 atom stereocenters. The van der Waals surface area contributed by atoms with Gasteiger partial charge < -0.3 is 10.1 Å². The van der Waals surface area contributed by atoms with E-state index in [2.05, 4.69) is 43.4 Å². The molecule has 0 saturated carbocycles. The topological polar surface area (TPSA) is 21.3 Å². The number of nitrogens with one attached hydrogen (secondary N) is 1. The summed E-state index contributed by atoms with van der Waals surface area (Å²) in [6.07, 6.45) is 7.89. The minimum atomic E-state index is 0.523. The van der Waals surface area contributed by atoms with Crippen molar-refractivity contribution in [3.8, 4) is 0 Å². The maximum atomic E-state index is 5.74. The lowest BCUT2D eigenvalue weighted by atomic mass is 9.97. The fourth-order valence-electron chi connectivity index (χ4n) is 3.12. The van der Waals surface area contributed by atoms with Gasteiger partial charge in [-0.25, -0.2) is 0 Å². The Balaban J connectivity index is 1.77. The second-order valence-electron chi connectivity index (χ2n) is 5.93. The molecule has 20 heavy (non-hydrogen) atoms. The van der Waals surface area contributed by atoms with Gasteiger partial charge in [0.1, 0.15) is 0 Å². The summed E-state index contributed by atoms with van der Waals surface area (Å²) in [7, 11) is 0. The highest BCUT2D eigenvalue weighted by Crippen LogP contribution is 2.19. The third-order valence-electron chi connectivity index (χ3n) is 4.38. The Morgan fingerprint density at radius 1 is 1.30 bits per heavy atom. The van der Waals surface area contributed by atoms with Crippen LogP contribution in [0, 0.1) is 6.92 Å². The van der Waals surface area contributed by atoms with Crippen LogP contribution in [-0.4, -0.2) is 25.3 Å². The van der Waals surface area contributed by atoms with Crippen LogP contribution < -0.4 is 5.32 Å². The second kappa shape index (κ2) is 8.43. The SMILES string of the molecule is CCNC(CCc1ccccc1C)CCC1CCCO1. The smallest absolute Gasteiger partial charge is 0.0576 e. The van der Waals surface area contributed by atoms with E-state index in [0.29, 0.717) is 12.1 Å². The Labute approximate surface area is 123 Å². The molecule has 1 aromatic carbocycles. The molecule has 2 nitrogen and oxygen atoms in total.